The Morgan fingerprint density at radius 3 is 3.04 bits per heavy atom. The number of amides is 1. The Labute approximate surface area is 158 Å². The van der Waals surface area contributed by atoms with Crippen LogP contribution in [0.15, 0.2) is 42.9 Å². The molecule has 1 atom stereocenters. The SMILES string of the molecule is CN(C)c1cncc(O[C@H]2CCN(C(=O)Cc3c[nH]c4ccccc34)C2)n1. The largest absolute Gasteiger partial charge is 0.471 e. The number of anilines is 1. The van der Waals surface area contributed by atoms with Gasteiger partial charge in [-0.2, -0.15) is 4.98 Å². The van der Waals surface area contributed by atoms with E-state index in [9.17, 15) is 4.79 Å². The molecule has 1 saturated heterocycles. The van der Waals surface area contributed by atoms with Crippen LogP contribution < -0.4 is 9.64 Å². The monoisotopic (exact) mass is 365 g/mol. The lowest BCUT2D eigenvalue weighted by molar-refractivity contribution is -0.129. The first-order valence-electron chi connectivity index (χ1n) is 9.09. The highest BCUT2D eigenvalue weighted by molar-refractivity contribution is 5.89. The van der Waals surface area contributed by atoms with Crippen molar-refractivity contribution < 1.29 is 9.53 Å². The second-order valence-corrected chi connectivity index (χ2v) is 7.01. The average Bonchev–Trinajstić information content (AvgIpc) is 3.29. The number of H-pyrrole nitrogens is 1. The molecule has 27 heavy (non-hydrogen) atoms. The third-order valence-corrected chi connectivity index (χ3v) is 4.86. The summed E-state index contributed by atoms with van der Waals surface area (Å²) in [5.74, 6) is 1.37. The number of aromatic nitrogens is 3. The van der Waals surface area contributed by atoms with Gasteiger partial charge in [-0.25, -0.2) is 0 Å². The van der Waals surface area contributed by atoms with Crippen molar-refractivity contribution in [2.24, 2.45) is 0 Å². The van der Waals surface area contributed by atoms with Gasteiger partial charge in [0.1, 0.15) is 6.10 Å². The molecule has 0 unspecified atom stereocenters. The maximum atomic E-state index is 12.7. The zero-order valence-corrected chi connectivity index (χ0v) is 15.6. The summed E-state index contributed by atoms with van der Waals surface area (Å²) in [4.78, 5) is 28.3. The molecule has 7 nitrogen and oxygen atoms in total. The Morgan fingerprint density at radius 1 is 1.33 bits per heavy atom. The molecule has 4 rings (SSSR count). The molecule has 1 aromatic carbocycles. The van der Waals surface area contributed by atoms with Gasteiger partial charge in [0.2, 0.25) is 11.8 Å². The normalized spacial score (nSPS) is 16.7. The molecule has 2 aromatic heterocycles. The number of hydrogen-bond donors (Lipinski definition) is 1. The van der Waals surface area contributed by atoms with E-state index in [1.54, 1.807) is 12.4 Å². The Kier molecular flexibility index (Phi) is 4.66. The van der Waals surface area contributed by atoms with Gasteiger partial charge < -0.3 is 19.5 Å². The van der Waals surface area contributed by atoms with E-state index in [0.29, 0.717) is 25.4 Å². The number of likely N-dealkylation sites (tertiary alicyclic amines) is 1. The van der Waals surface area contributed by atoms with Crippen LogP contribution in [0.2, 0.25) is 0 Å². The summed E-state index contributed by atoms with van der Waals surface area (Å²) in [5, 5.41) is 1.11. The average molecular weight is 365 g/mol. The van der Waals surface area contributed by atoms with Gasteiger partial charge in [-0.05, 0) is 11.6 Å². The van der Waals surface area contributed by atoms with E-state index in [0.717, 1.165) is 28.7 Å². The van der Waals surface area contributed by atoms with Crippen molar-refractivity contribution in [2.75, 3.05) is 32.1 Å². The Balaban J connectivity index is 1.37. The Hall–Kier alpha value is -3.09. The van der Waals surface area contributed by atoms with Crippen molar-refractivity contribution in [1.82, 2.24) is 19.9 Å². The number of hydrogen-bond acceptors (Lipinski definition) is 5. The summed E-state index contributed by atoms with van der Waals surface area (Å²) in [7, 11) is 3.82. The quantitative estimate of drug-likeness (QED) is 0.751. The van der Waals surface area contributed by atoms with Gasteiger partial charge >= 0.3 is 0 Å². The summed E-state index contributed by atoms with van der Waals surface area (Å²) in [5.41, 5.74) is 2.09. The van der Waals surface area contributed by atoms with Gasteiger partial charge in [0.25, 0.3) is 0 Å². The lowest BCUT2D eigenvalue weighted by Crippen LogP contribution is -2.32. The lowest BCUT2D eigenvalue weighted by Gasteiger charge is -2.17. The van der Waals surface area contributed by atoms with Crippen LogP contribution in [0.25, 0.3) is 10.9 Å². The van der Waals surface area contributed by atoms with Crippen molar-refractivity contribution >= 4 is 22.6 Å². The third kappa shape index (κ3) is 3.72. The van der Waals surface area contributed by atoms with Gasteiger partial charge in [-0.1, -0.05) is 18.2 Å². The molecule has 0 bridgehead atoms. The van der Waals surface area contributed by atoms with Crippen LogP contribution in [0.4, 0.5) is 5.82 Å². The van der Waals surface area contributed by atoms with Gasteiger partial charge in [-0.15, -0.1) is 0 Å². The zero-order chi connectivity index (χ0) is 18.8. The minimum atomic E-state index is -0.0522. The van der Waals surface area contributed by atoms with Crippen LogP contribution in [-0.2, 0) is 11.2 Å². The molecule has 140 valence electrons. The van der Waals surface area contributed by atoms with Crippen molar-refractivity contribution in [1.29, 1.82) is 0 Å². The second kappa shape index (κ2) is 7.26. The first kappa shape index (κ1) is 17.3. The number of carbonyl (C=O) groups is 1. The molecule has 1 fully saturated rings. The number of carbonyl (C=O) groups excluding carboxylic acids is 1. The van der Waals surface area contributed by atoms with Crippen molar-refractivity contribution in [2.45, 2.75) is 18.9 Å². The van der Waals surface area contributed by atoms with Gasteiger partial charge in [0, 0.05) is 44.2 Å². The molecular weight excluding hydrogens is 342 g/mol. The molecule has 1 aliphatic heterocycles. The lowest BCUT2D eigenvalue weighted by atomic mass is 10.1. The van der Waals surface area contributed by atoms with Crippen LogP contribution in [0.5, 0.6) is 5.88 Å². The number of rotatable bonds is 5. The van der Waals surface area contributed by atoms with Gasteiger partial charge in [0.15, 0.2) is 5.82 Å². The van der Waals surface area contributed by atoms with Gasteiger partial charge in [-0.3, -0.25) is 9.78 Å². The molecule has 0 radical (unpaired) electrons. The molecule has 0 saturated carbocycles. The number of para-hydroxylation sites is 1. The van der Waals surface area contributed by atoms with E-state index in [4.69, 9.17) is 4.74 Å². The maximum Gasteiger partial charge on any atom is 0.234 e. The summed E-state index contributed by atoms with van der Waals surface area (Å²) < 4.78 is 5.95. The summed E-state index contributed by atoms with van der Waals surface area (Å²) in [6.07, 6.45) is 6.38. The molecule has 3 aromatic rings. The van der Waals surface area contributed by atoms with E-state index >= 15 is 0 Å². The number of fused-ring (bicyclic) bond motifs is 1. The number of benzene rings is 1. The van der Waals surface area contributed by atoms with E-state index in [1.165, 1.54) is 0 Å². The van der Waals surface area contributed by atoms with Crippen LogP contribution in [0, 0.1) is 0 Å². The second-order valence-electron chi connectivity index (χ2n) is 7.01. The van der Waals surface area contributed by atoms with Gasteiger partial charge in [0.05, 0.1) is 25.4 Å². The predicted molar refractivity (Wildman–Crippen MR) is 104 cm³/mol. The highest BCUT2D eigenvalue weighted by Gasteiger charge is 2.28. The molecule has 0 spiro atoms. The molecule has 7 heteroatoms. The number of aromatic amines is 1. The topological polar surface area (TPSA) is 74.3 Å². The van der Waals surface area contributed by atoms with Crippen molar-refractivity contribution in [3.8, 4) is 5.88 Å². The Morgan fingerprint density at radius 2 is 2.19 bits per heavy atom. The minimum absolute atomic E-state index is 0.0522. The molecule has 0 aliphatic carbocycles. The minimum Gasteiger partial charge on any atom is -0.471 e. The maximum absolute atomic E-state index is 12.7. The number of nitrogens with zero attached hydrogens (tertiary/aromatic N) is 4. The van der Waals surface area contributed by atoms with E-state index in [1.807, 2.05) is 54.4 Å². The Bertz CT molecular complexity index is 952. The molecule has 1 N–H and O–H groups in total. The van der Waals surface area contributed by atoms with Crippen molar-refractivity contribution in [3.05, 3.63) is 48.4 Å². The molecule has 1 aliphatic rings. The summed E-state index contributed by atoms with van der Waals surface area (Å²) >= 11 is 0. The van der Waals surface area contributed by atoms with E-state index in [2.05, 4.69) is 15.0 Å². The highest BCUT2D eigenvalue weighted by Crippen LogP contribution is 2.21. The van der Waals surface area contributed by atoms with Crippen LogP contribution >= 0.6 is 0 Å². The van der Waals surface area contributed by atoms with E-state index in [-0.39, 0.29) is 12.0 Å². The fourth-order valence-corrected chi connectivity index (χ4v) is 3.38. The fraction of sp³-hybridized carbons (Fsp3) is 0.350. The molecular formula is C20H23N5O2. The smallest absolute Gasteiger partial charge is 0.234 e. The van der Waals surface area contributed by atoms with Crippen molar-refractivity contribution in [3.63, 3.8) is 0 Å². The molecule has 1 amide bonds. The summed E-state index contributed by atoms with van der Waals surface area (Å²) in [6, 6.07) is 8.04. The van der Waals surface area contributed by atoms with Crippen LogP contribution in [-0.4, -0.2) is 59.0 Å². The zero-order valence-electron chi connectivity index (χ0n) is 15.6. The standard InChI is InChI=1S/C20H23N5O2/c1-24(2)18-11-21-12-19(23-18)27-15-7-8-25(13-15)20(26)9-14-10-22-17-6-4-3-5-16(14)17/h3-6,10-12,15,22H,7-9,13H2,1-2H3/t15-/m0/s1. The first-order chi connectivity index (χ1) is 13.1. The third-order valence-electron chi connectivity index (χ3n) is 4.86. The predicted octanol–water partition coefficient (Wildman–Crippen LogP) is 2.25. The summed E-state index contributed by atoms with van der Waals surface area (Å²) in [6.45, 7) is 1.28. The van der Waals surface area contributed by atoms with E-state index < -0.39 is 0 Å². The highest BCUT2D eigenvalue weighted by atomic mass is 16.5. The number of ether oxygens (including phenoxy) is 1. The first-order valence-corrected chi connectivity index (χ1v) is 9.09. The van der Waals surface area contributed by atoms with Crippen LogP contribution in [0.1, 0.15) is 12.0 Å². The molecule has 3 heterocycles. The fourth-order valence-electron chi connectivity index (χ4n) is 3.38. The number of nitrogens with one attached hydrogen (secondary N) is 1. The van der Waals surface area contributed by atoms with Crippen LogP contribution in [0.3, 0.4) is 0 Å².